The highest BCUT2D eigenvalue weighted by atomic mass is 16.6. The number of nitrogens with zero attached hydrogens (tertiary/aromatic N) is 4. The van der Waals surface area contributed by atoms with Gasteiger partial charge in [0.15, 0.2) is 0 Å². The molecule has 4 atom stereocenters. The van der Waals surface area contributed by atoms with Gasteiger partial charge in [-0.05, 0) is 28.8 Å². The molecule has 0 aliphatic carbocycles. The van der Waals surface area contributed by atoms with E-state index in [1.54, 1.807) is 6.20 Å². The Morgan fingerprint density at radius 3 is 2.42 bits per heavy atom. The van der Waals surface area contributed by atoms with E-state index in [1.807, 2.05) is 35.1 Å². The van der Waals surface area contributed by atoms with Crippen LogP contribution in [0.5, 0.6) is 0 Å². The standard InChI is InChI=1S/C26H25N5O2/c1-2-6-19(7-3-1)20-11-9-18(10-12-20)14-28-23-16-32-26-24(17-33-25(23)26)31-15-22(29-30-31)21-8-4-5-13-27-21/h1-13,15,23-26,28H,14,16-17H2. The fourth-order valence-electron chi connectivity index (χ4n) is 4.65. The lowest BCUT2D eigenvalue weighted by Crippen LogP contribution is -2.40. The molecule has 0 amide bonds. The van der Waals surface area contributed by atoms with Gasteiger partial charge in [-0.15, -0.1) is 5.10 Å². The molecule has 2 aromatic carbocycles. The third kappa shape index (κ3) is 4.06. The summed E-state index contributed by atoms with van der Waals surface area (Å²) in [5, 5.41) is 12.3. The number of pyridine rings is 1. The fraction of sp³-hybridized carbons (Fsp3) is 0.269. The zero-order chi connectivity index (χ0) is 22.0. The molecule has 4 aromatic rings. The van der Waals surface area contributed by atoms with Crippen LogP contribution in [0.2, 0.25) is 0 Å². The molecule has 2 fully saturated rings. The average Bonchev–Trinajstić information content (AvgIpc) is 3.61. The van der Waals surface area contributed by atoms with Gasteiger partial charge >= 0.3 is 0 Å². The van der Waals surface area contributed by atoms with Gasteiger partial charge in [-0.25, -0.2) is 4.68 Å². The molecule has 33 heavy (non-hydrogen) atoms. The van der Waals surface area contributed by atoms with Gasteiger partial charge in [0.1, 0.15) is 23.9 Å². The summed E-state index contributed by atoms with van der Waals surface area (Å²) < 4.78 is 14.2. The minimum absolute atomic E-state index is 0.00101. The lowest BCUT2D eigenvalue weighted by Gasteiger charge is -2.18. The van der Waals surface area contributed by atoms with Crippen LogP contribution in [0.15, 0.2) is 85.2 Å². The van der Waals surface area contributed by atoms with Crippen LogP contribution in [0.4, 0.5) is 0 Å². The highest BCUT2D eigenvalue weighted by Crippen LogP contribution is 2.34. The van der Waals surface area contributed by atoms with E-state index in [9.17, 15) is 0 Å². The molecule has 0 bridgehead atoms. The highest BCUT2D eigenvalue weighted by molar-refractivity contribution is 5.63. The van der Waals surface area contributed by atoms with Crippen molar-refractivity contribution in [1.82, 2.24) is 25.3 Å². The Balaban J connectivity index is 1.08. The van der Waals surface area contributed by atoms with Crippen LogP contribution in [0.3, 0.4) is 0 Å². The maximum atomic E-state index is 6.15. The first-order valence-corrected chi connectivity index (χ1v) is 11.3. The average molecular weight is 440 g/mol. The molecule has 2 saturated heterocycles. The molecule has 4 heterocycles. The number of benzene rings is 2. The molecule has 166 valence electrons. The van der Waals surface area contributed by atoms with Gasteiger partial charge in [-0.3, -0.25) is 4.98 Å². The zero-order valence-corrected chi connectivity index (χ0v) is 18.1. The number of ether oxygens (including phenoxy) is 2. The highest BCUT2D eigenvalue weighted by Gasteiger charge is 2.48. The van der Waals surface area contributed by atoms with Crippen LogP contribution in [0.25, 0.3) is 22.5 Å². The van der Waals surface area contributed by atoms with Gasteiger partial charge in [0.2, 0.25) is 0 Å². The van der Waals surface area contributed by atoms with E-state index in [-0.39, 0.29) is 24.3 Å². The second kappa shape index (κ2) is 8.86. The van der Waals surface area contributed by atoms with E-state index >= 15 is 0 Å². The number of hydrogen-bond donors (Lipinski definition) is 1. The van der Waals surface area contributed by atoms with E-state index in [2.05, 4.69) is 69.1 Å². The first-order chi connectivity index (χ1) is 16.3. The van der Waals surface area contributed by atoms with Gasteiger partial charge in [-0.1, -0.05) is 65.9 Å². The van der Waals surface area contributed by atoms with Crippen molar-refractivity contribution in [2.45, 2.75) is 30.8 Å². The van der Waals surface area contributed by atoms with Crippen LogP contribution in [0.1, 0.15) is 11.6 Å². The number of fused-ring (bicyclic) bond motifs is 1. The predicted octanol–water partition coefficient (Wildman–Crippen LogP) is 3.50. The molecule has 7 nitrogen and oxygen atoms in total. The van der Waals surface area contributed by atoms with Gasteiger partial charge in [-0.2, -0.15) is 0 Å². The first-order valence-electron chi connectivity index (χ1n) is 11.3. The Bertz CT molecular complexity index is 1200. The number of aromatic nitrogens is 4. The van der Waals surface area contributed by atoms with Crippen molar-refractivity contribution in [2.75, 3.05) is 13.2 Å². The smallest absolute Gasteiger partial charge is 0.131 e. The quantitative estimate of drug-likeness (QED) is 0.496. The van der Waals surface area contributed by atoms with Crippen LogP contribution >= 0.6 is 0 Å². The molecule has 2 aromatic heterocycles. The molecule has 0 radical (unpaired) electrons. The van der Waals surface area contributed by atoms with Gasteiger partial charge in [0.25, 0.3) is 0 Å². The molecule has 2 aliphatic heterocycles. The minimum Gasteiger partial charge on any atom is -0.371 e. The van der Waals surface area contributed by atoms with Crippen LogP contribution in [-0.2, 0) is 16.0 Å². The van der Waals surface area contributed by atoms with Crippen LogP contribution < -0.4 is 5.32 Å². The van der Waals surface area contributed by atoms with Gasteiger partial charge in [0.05, 0.1) is 31.1 Å². The van der Waals surface area contributed by atoms with Crippen molar-refractivity contribution in [2.24, 2.45) is 0 Å². The van der Waals surface area contributed by atoms with E-state index in [0.717, 1.165) is 17.9 Å². The van der Waals surface area contributed by atoms with E-state index in [0.29, 0.717) is 13.2 Å². The summed E-state index contributed by atoms with van der Waals surface area (Å²) in [5.41, 5.74) is 5.26. The monoisotopic (exact) mass is 439 g/mol. The fourth-order valence-corrected chi connectivity index (χ4v) is 4.65. The summed E-state index contributed by atoms with van der Waals surface area (Å²) in [6.07, 6.45) is 3.65. The summed E-state index contributed by atoms with van der Waals surface area (Å²) in [6.45, 7) is 1.95. The molecule has 6 rings (SSSR count). The summed E-state index contributed by atoms with van der Waals surface area (Å²) >= 11 is 0. The third-order valence-corrected chi connectivity index (χ3v) is 6.43. The molecular weight excluding hydrogens is 414 g/mol. The van der Waals surface area contributed by atoms with Crippen molar-refractivity contribution in [3.05, 3.63) is 90.8 Å². The number of nitrogens with one attached hydrogen (secondary N) is 1. The third-order valence-electron chi connectivity index (χ3n) is 6.43. The largest absolute Gasteiger partial charge is 0.371 e. The Labute approximate surface area is 192 Å². The predicted molar refractivity (Wildman–Crippen MR) is 124 cm³/mol. The van der Waals surface area contributed by atoms with E-state index in [4.69, 9.17) is 9.47 Å². The van der Waals surface area contributed by atoms with Crippen molar-refractivity contribution < 1.29 is 9.47 Å². The summed E-state index contributed by atoms with van der Waals surface area (Å²) in [7, 11) is 0. The normalized spacial score (nSPS) is 24.1. The number of hydrogen-bond acceptors (Lipinski definition) is 6. The second-order valence-corrected chi connectivity index (χ2v) is 8.51. The Hall–Kier alpha value is -3.39. The maximum absolute atomic E-state index is 6.15. The van der Waals surface area contributed by atoms with Gasteiger partial charge in [0, 0.05) is 12.7 Å². The molecule has 0 saturated carbocycles. The lowest BCUT2D eigenvalue weighted by atomic mass is 10.0. The lowest BCUT2D eigenvalue weighted by molar-refractivity contribution is 0.0620. The SMILES string of the molecule is c1ccc(-c2ccc(CNC3COC4C3OCC4n3cc(-c4ccccn4)nn3)cc2)cc1. The minimum atomic E-state index is -0.0405. The first kappa shape index (κ1) is 20.2. The Morgan fingerprint density at radius 1 is 0.818 bits per heavy atom. The van der Waals surface area contributed by atoms with Crippen molar-refractivity contribution in [1.29, 1.82) is 0 Å². The van der Waals surface area contributed by atoms with Crippen molar-refractivity contribution >= 4 is 0 Å². The van der Waals surface area contributed by atoms with Crippen LogP contribution in [-0.4, -0.2) is 51.4 Å². The molecular formula is C26H25N5O2. The maximum Gasteiger partial charge on any atom is 0.131 e. The number of rotatable bonds is 6. The molecule has 1 N–H and O–H groups in total. The van der Waals surface area contributed by atoms with E-state index in [1.165, 1.54) is 16.7 Å². The summed E-state index contributed by atoms with van der Waals surface area (Å²) in [6, 6.07) is 25.0. The van der Waals surface area contributed by atoms with Gasteiger partial charge < -0.3 is 14.8 Å². The summed E-state index contributed by atoms with van der Waals surface area (Å²) in [4.78, 5) is 4.35. The van der Waals surface area contributed by atoms with Crippen molar-refractivity contribution in [3.63, 3.8) is 0 Å². The Morgan fingerprint density at radius 2 is 1.61 bits per heavy atom. The molecule has 2 aliphatic rings. The second-order valence-electron chi connectivity index (χ2n) is 8.51. The van der Waals surface area contributed by atoms with E-state index < -0.39 is 0 Å². The zero-order valence-electron chi connectivity index (χ0n) is 18.1. The Kier molecular flexibility index (Phi) is 5.43. The molecule has 4 unspecified atom stereocenters. The van der Waals surface area contributed by atoms with Crippen LogP contribution in [0, 0.1) is 0 Å². The summed E-state index contributed by atoms with van der Waals surface area (Å²) in [5.74, 6) is 0. The molecule has 0 spiro atoms. The molecule has 7 heteroatoms. The van der Waals surface area contributed by atoms with Crippen molar-refractivity contribution in [3.8, 4) is 22.5 Å². The topological polar surface area (TPSA) is 74.1 Å².